The molecule has 0 aliphatic rings. The summed E-state index contributed by atoms with van der Waals surface area (Å²) in [6.07, 6.45) is 0. The number of benzene rings is 1. The first-order valence-corrected chi connectivity index (χ1v) is 6.32. The normalized spacial score (nSPS) is 10.5. The fraction of sp³-hybridized carbons (Fsp3) is 0.100. The summed E-state index contributed by atoms with van der Waals surface area (Å²) in [7, 11) is 0. The molecule has 18 heavy (non-hydrogen) atoms. The van der Waals surface area contributed by atoms with Gasteiger partial charge in [-0.3, -0.25) is 4.79 Å². The first-order valence-electron chi connectivity index (χ1n) is 4.95. The fourth-order valence-electron chi connectivity index (χ4n) is 1.31. The average molecular weight is 284 g/mol. The van der Waals surface area contributed by atoms with Gasteiger partial charge in [-0.15, -0.1) is 10.2 Å². The van der Waals surface area contributed by atoms with Gasteiger partial charge in [0.1, 0.15) is 0 Å². The van der Waals surface area contributed by atoms with Gasteiger partial charge in [-0.05, 0) is 24.3 Å². The van der Waals surface area contributed by atoms with Crippen LogP contribution < -0.4 is 11.6 Å². The number of hydrogen-bond donors (Lipinski definition) is 2. The molecule has 4 N–H and O–H groups in total. The van der Waals surface area contributed by atoms with Crippen LogP contribution in [-0.4, -0.2) is 26.5 Å². The largest absolute Gasteiger partial charge is 0.369 e. The second kappa shape index (κ2) is 5.28. The zero-order chi connectivity index (χ0) is 13.1. The molecule has 2 rings (SSSR count). The second-order valence-corrected chi connectivity index (χ2v) is 4.82. The number of nitrogens with zero attached hydrogens (tertiary/aromatic N) is 3. The highest BCUT2D eigenvalue weighted by molar-refractivity contribution is 7.99. The summed E-state index contributed by atoms with van der Waals surface area (Å²) in [5.74, 6) is 6.02. The van der Waals surface area contributed by atoms with E-state index >= 15 is 0 Å². The fourth-order valence-corrected chi connectivity index (χ4v) is 2.03. The van der Waals surface area contributed by atoms with Crippen molar-refractivity contribution >= 4 is 29.3 Å². The summed E-state index contributed by atoms with van der Waals surface area (Å²) >= 11 is 6.94. The van der Waals surface area contributed by atoms with Gasteiger partial charge in [0.25, 0.3) is 0 Å². The Hall–Kier alpha value is -1.73. The summed E-state index contributed by atoms with van der Waals surface area (Å²) < 4.78 is 1.32. The third-order valence-electron chi connectivity index (χ3n) is 2.11. The van der Waals surface area contributed by atoms with E-state index in [0.29, 0.717) is 16.0 Å². The van der Waals surface area contributed by atoms with E-state index in [0.717, 1.165) is 17.3 Å². The number of aromatic nitrogens is 3. The zero-order valence-corrected chi connectivity index (χ0v) is 10.8. The smallest absolute Gasteiger partial charge is 0.227 e. The number of thioether (sulfide) groups is 1. The van der Waals surface area contributed by atoms with Gasteiger partial charge in [0, 0.05) is 10.6 Å². The first kappa shape index (κ1) is 12.7. The third-order valence-corrected chi connectivity index (χ3v) is 3.33. The van der Waals surface area contributed by atoms with E-state index in [1.807, 2.05) is 0 Å². The van der Waals surface area contributed by atoms with E-state index in [9.17, 15) is 4.79 Å². The highest BCUT2D eigenvalue weighted by Crippen LogP contribution is 2.22. The Morgan fingerprint density at radius 1 is 1.33 bits per heavy atom. The molecule has 1 aromatic carbocycles. The van der Waals surface area contributed by atoms with Crippen molar-refractivity contribution in [3.63, 3.8) is 0 Å². The summed E-state index contributed by atoms with van der Waals surface area (Å²) in [5, 5.41) is 8.92. The Kier molecular flexibility index (Phi) is 3.73. The minimum atomic E-state index is -0.434. The van der Waals surface area contributed by atoms with Crippen LogP contribution in [0.3, 0.4) is 0 Å². The van der Waals surface area contributed by atoms with Crippen LogP contribution in [0.4, 0.5) is 0 Å². The van der Waals surface area contributed by atoms with Crippen molar-refractivity contribution < 1.29 is 4.79 Å². The average Bonchev–Trinajstić information content (AvgIpc) is 2.69. The van der Waals surface area contributed by atoms with E-state index in [1.54, 1.807) is 24.3 Å². The minimum absolute atomic E-state index is 0.107. The van der Waals surface area contributed by atoms with Gasteiger partial charge in [0.05, 0.1) is 5.75 Å². The molecular formula is C10H10ClN5OS. The minimum Gasteiger partial charge on any atom is -0.369 e. The molecule has 94 valence electrons. The van der Waals surface area contributed by atoms with Gasteiger partial charge < -0.3 is 11.6 Å². The molecular weight excluding hydrogens is 274 g/mol. The molecule has 0 saturated heterocycles. The number of nitrogen functional groups attached to an aromatic ring is 1. The first-order chi connectivity index (χ1) is 8.58. The molecule has 0 spiro atoms. The third kappa shape index (κ3) is 2.74. The van der Waals surface area contributed by atoms with Gasteiger partial charge >= 0.3 is 0 Å². The van der Waals surface area contributed by atoms with Crippen molar-refractivity contribution in [1.29, 1.82) is 0 Å². The molecule has 0 unspecified atom stereocenters. The summed E-state index contributed by atoms with van der Waals surface area (Å²) in [4.78, 5) is 10.7. The van der Waals surface area contributed by atoms with Crippen LogP contribution in [0.25, 0.3) is 11.4 Å². The summed E-state index contributed by atoms with van der Waals surface area (Å²) in [5.41, 5.74) is 5.84. The van der Waals surface area contributed by atoms with Crippen molar-refractivity contribution in [3.05, 3.63) is 29.3 Å². The van der Waals surface area contributed by atoms with Crippen LogP contribution in [0.5, 0.6) is 0 Å². The number of primary amides is 1. The lowest BCUT2D eigenvalue weighted by molar-refractivity contribution is -0.115. The Balaban J connectivity index is 2.25. The molecule has 0 bridgehead atoms. The van der Waals surface area contributed by atoms with Gasteiger partial charge in [-0.25, -0.2) is 4.68 Å². The molecule has 8 heteroatoms. The van der Waals surface area contributed by atoms with Crippen molar-refractivity contribution in [2.24, 2.45) is 5.73 Å². The lowest BCUT2D eigenvalue weighted by atomic mass is 10.2. The Bertz CT molecular complexity index is 568. The molecule has 2 aromatic rings. The van der Waals surface area contributed by atoms with E-state index in [-0.39, 0.29) is 5.75 Å². The molecule has 0 aliphatic heterocycles. The van der Waals surface area contributed by atoms with Crippen molar-refractivity contribution in [2.45, 2.75) is 5.16 Å². The monoisotopic (exact) mass is 283 g/mol. The predicted molar refractivity (Wildman–Crippen MR) is 70.5 cm³/mol. The maximum Gasteiger partial charge on any atom is 0.227 e. The molecule has 0 aliphatic carbocycles. The Morgan fingerprint density at radius 3 is 2.61 bits per heavy atom. The van der Waals surface area contributed by atoms with Gasteiger partial charge in [-0.2, -0.15) is 0 Å². The zero-order valence-electron chi connectivity index (χ0n) is 9.21. The highest BCUT2D eigenvalue weighted by atomic mass is 35.5. The van der Waals surface area contributed by atoms with Gasteiger partial charge in [0.2, 0.25) is 11.1 Å². The number of amides is 1. The molecule has 0 saturated carbocycles. The quantitative estimate of drug-likeness (QED) is 0.641. The molecule has 1 heterocycles. The van der Waals surface area contributed by atoms with E-state index in [2.05, 4.69) is 10.2 Å². The highest BCUT2D eigenvalue weighted by Gasteiger charge is 2.12. The number of nitrogens with two attached hydrogens (primary N) is 2. The van der Waals surface area contributed by atoms with Crippen molar-refractivity contribution in [2.75, 3.05) is 11.6 Å². The lowest BCUT2D eigenvalue weighted by Gasteiger charge is -2.02. The van der Waals surface area contributed by atoms with Crippen LogP contribution in [-0.2, 0) is 4.79 Å². The van der Waals surface area contributed by atoms with E-state index < -0.39 is 5.91 Å². The maximum atomic E-state index is 10.7. The standard InChI is InChI=1S/C10H10ClN5OS/c11-7-3-1-6(2-4-7)9-14-15-10(16(9)13)18-5-8(12)17/h1-4H,5,13H2,(H2,12,17). The van der Waals surface area contributed by atoms with Gasteiger partial charge in [0.15, 0.2) is 5.82 Å². The number of halogens is 1. The van der Waals surface area contributed by atoms with Crippen LogP contribution in [0, 0.1) is 0 Å². The van der Waals surface area contributed by atoms with Crippen LogP contribution in [0.15, 0.2) is 29.4 Å². The van der Waals surface area contributed by atoms with Crippen LogP contribution >= 0.6 is 23.4 Å². The molecule has 6 nitrogen and oxygen atoms in total. The second-order valence-electron chi connectivity index (χ2n) is 3.44. The van der Waals surface area contributed by atoms with Crippen LogP contribution in [0.2, 0.25) is 5.02 Å². The molecule has 1 amide bonds. The number of carbonyl (C=O) groups is 1. The van der Waals surface area contributed by atoms with Crippen molar-refractivity contribution in [3.8, 4) is 11.4 Å². The predicted octanol–water partition coefficient (Wildman–Crippen LogP) is 0.890. The number of carbonyl (C=O) groups excluding carboxylic acids is 1. The van der Waals surface area contributed by atoms with Crippen molar-refractivity contribution in [1.82, 2.24) is 14.9 Å². The lowest BCUT2D eigenvalue weighted by Crippen LogP contribution is -2.16. The van der Waals surface area contributed by atoms with Crippen LogP contribution in [0.1, 0.15) is 0 Å². The Labute approximate surface area is 112 Å². The maximum absolute atomic E-state index is 10.7. The SMILES string of the molecule is NC(=O)CSc1nnc(-c2ccc(Cl)cc2)n1N. The molecule has 1 aromatic heterocycles. The molecule has 0 fully saturated rings. The van der Waals surface area contributed by atoms with E-state index in [1.165, 1.54) is 4.68 Å². The van der Waals surface area contributed by atoms with E-state index in [4.69, 9.17) is 23.2 Å². The molecule has 0 atom stereocenters. The summed E-state index contributed by atoms with van der Waals surface area (Å²) in [6.45, 7) is 0. The number of hydrogen-bond acceptors (Lipinski definition) is 5. The topological polar surface area (TPSA) is 99.8 Å². The summed E-state index contributed by atoms with van der Waals surface area (Å²) in [6, 6.07) is 7.06. The van der Waals surface area contributed by atoms with Gasteiger partial charge in [-0.1, -0.05) is 23.4 Å². The Morgan fingerprint density at radius 2 is 2.00 bits per heavy atom. The molecule has 0 radical (unpaired) electrons. The number of rotatable bonds is 4.